The SMILES string of the molecule is CC(C)N(C(=O)CN1CCNCC1c1cccnc1)C(C)C. The first-order chi connectivity index (χ1) is 10.5. The number of nitrogens with zero attached hydrogens (tertiary/aromatic N) is 3. The summed E-state index contributed by atoms with van der Waals surface area (Å²) in [5.41, 5.74) is 1.17. The van der Waals surface area contributed by atoms with Gasteiger partial charge in [-0.3, -0.25) is 14.7 Å². The molecule has 1 aromatic heterocycles. The van der Waals surface area contributed by atoms with Gasteiger partial charge in [-0.05, 0) is 39.3 Å². The number of aromatic nitrogens is 1. The van der Waals surface area contributed by atoms with E-state index in [1.807, 2.05) is 17.2 Å². The predicted octanol–water partition coefficient (Wildman–Crippen LogP) is 1.67. The van der Waals surface area contributed by atoms with E-state index in [2.05, 4.69) is 49.0 Å². The molecule has 1 fully saturated rings. The lowest BCUT2D eigenvalue weighted by molar-refractivity contribution is -0.136. The van der Waals surface area contributed by atoms with Crippen LogP contribution in [0.2, 0.25) is 0 Å². The van der Waals surface area contributed by atoms with Gasteiger partial charge in [0.2, 0.25) is 5.91 Å². The third kappa shape index (κ3) is 4.05. The quantitative estimate of drug-likeness (QED) is 0.899. The normalized spacial score (nSPS) is 19.6. The van der Waals surface area contributed by atoms with Gasteiger partial charge in [-0.2, -0.15) is 0 Å². The maximum atomic E-state index is 12.7. The van der Waals surface area contributed by atoms with Gasteiger partial charge in [-0.15, -0.1) is 0 Å². The van der Waals surface area contributed by atoms with Gasteiger partial charge in [0, 0.05) is 50.2 Å². The van der Waals surface area contributed by atoms with E-state index < -0.39 is 0 Å². The van der Waals surface area contributed by atoms with Crippen molar-refractivity contribution in [2.75, 3.05) is 26.2 Å². The van der Waals surface area contributed by atoms with Crippen molar-refractivity contribution >= 4 is 5.91 Å². The summed E-state index contributed by atoms with van der Waals surface area (Å²) in [6, 6.07) is 4.72. The topological polar surface area (TPSA) is 48.5 Å². The average molecular weight is 304 g/mol. The molecule has 1 aromatic rings. The highest BCUT2D eigenvalue weighted by atomic mass is 16.2. The molecule has 1 atom stereocenters. The third-order valence-corrected chi connectivity index (χ3v) is 4.16. The highest BCUT2D eigenvalue weighted by molar-refractivity contribution is 5.79. The Labute approximate surface area is 133 Å². The van der Waals surface area contributed by atoms with Crippen molar-refractivity contribution in [1.82, 2.24) is 20.1 Å². The van der Waals surface area contributed by atoms with Gasteiger partial charge in [-0.25, -0.2) is 0 Å². The summed E-state index contributed by atoms with van der Waals surface area (Å²) in [6.45, 7) is 11.5. The standard InChI is InChI=1S/C17H28N4O/c1-13(2)21(14(3)4)17(22)12-20-9-8-19-11-16(20)15-6-5-7-18-10-15/h5-7,10,13-14,16,19H,8-9,11-12H2,1-4H3. The summed E-state index contributed by atoms with van der Waals surface area (Å²) in [5, 5.41) is 3.42. The molecule has 122 valence electrons. The van der Waals surface area contributed by atoms with Gasteiger partial charge in [0.05, 0.1) is 6.54 Å². The van der Waals surface area contributed by atoms with Crippen molar-refractivity contribution in [1.29, 1.82) is 0 Å². The number of amides is 1. The molecule has 0 spiro atoms. The fourth-order valence-electron chi connectivity index (χ4n) is 3.27. The Morgan fingerprint density at radius 3 is 2.73 bits per heavy atom. The van der Waals surface area contributed by atoms with Gasteiger partial charge in [0.15, 0.2) is 0 Å². The molecular formula is C17H28N4O. The minimum absolute atomic E-state index is 0.209. The summed E-state index contributed by atoms with van der Waals surface area (Å²) in [7, 11) is 0. The van der Waals surface area contributed by atoms with E-state index in [4.69, 9.17) is 0 Å². The van der Waals surface area contributed by atoms with Crippen molar-refractivity contribution in [3.8, 4) is 0 Å². The number of carbonyl (C=O) groups is 1. The first-order valence-corrected chi connectivity index (χ1v) is 8.16. The lowest BCUT2D eigenvalue weighted by Crippen LogP contribution is -2.52. The third-order valence-electron chi connectivity index (χ3n) is 4.16. The molecule has 2 rings (SSSR count). The maximum absolute atomic E-state index is 12.7. The number of nitrogens with one attached hydrogen (secondary N) is 1. The number of hydrogen-bond donors (Lipinski definition) is 1. The number of hydrogen-bond acceptors (Lipinski definition) is 4. The summed E-state index contributed by atoms with van der Waals surface area (Å²) in [6.07, 6.45) is 3.69. The number of rotatable bonds is 5. The minimum atomic E-state index is 0.209. The average Bonchev–Trinajstić information content (AvgIpc) is 2.48. The minimum Gasteiger partial charge on any atom is -0.337 e. The van der Waals surface area contributed by atoms with Gasteiger partial charge >= 0.3 is 0 Å². The number of piperazine rings is 1. The van der Waals surface area contributed by atoms with E-state index in [-0.39, 0.29) is 24.0 Å². The van der Waals surface area contributed by atoms with Crippen LogP contribution < -0.4 is 5.32 Å². The Morgan fingerprint density at radius 1 is 1.41 bits per heavy atom. The predicted molar refractivity (Wildman–Crippen MR) is 88.5 cm³/mol. The van der Waals surface area contributed by atoms with Crippen LogP contribution in [-0.2, 0) is 4.79 Å². The van der Waals surface area contributed by atoms with Crippen molar-refractivity contribution in [3.63, 3.8) is 0 Å². The largest absolute Gasteiger partial charge is 0.337 e. The molecule has 5 nitrogen and oxygen atoms in total. The first kappa shape index (κ1) is 16.9. The lowest BCUT2D eigenvalue weighted by atomic mass is 10.1. The highest BCUT2D eigenvalue weighted by Crippen LogP contribution is 2.21. The van der Waals surface area contributed by atoms with E-state index in [0.29, 0.717) is 6.54 Å². The summed E-state index contributed by atoms with van der Waals surface area (Å²) >= 11 is 0. The van der Waals surface area contributed by atoms with Crippen LogP contribution in [0.5, 0.6) is 0 Å². The molecule has 0 bridgehead atoms. The van der Waals surface area contributed by atoms with Crippen LogP contribution in [0, 0.1) is 0 Å². The molecule has 0 aliphatic carbocycles. The molecule has 0 radical (unpaired) electrons. The molecule has 1 aliphatic rings. The van der Waals surface area contributed by atoms with Gasteiger partial charge < -0.3 is 10.2 Å². The van der Waals surface area contributed by atoms with E-state index in [1.165, 1.54) is 5.56 Å². The van der Waals surface area contributed by atoms with Crippen LogP contribution in [0.4, 0.5) is 0 Å². The van der Waals surface area contributed by atoms with E-state index in [0.717, 1.165) is 19.6 Å². The molecule has 22 heavy (non-hydrogen) atoms. The second kappa shape index (κ2) is 7.70. The Morgan fingerprint density at radius 2 is 2.14 bits per heavy atom. The Bertz CT molecular complexity index is 467. The fourth-order valence-corrected chi connectivity index (χ4v) is 3.27. The van der Waals surface area contributed by atoms with Crippen molar-refractivity contribution in [3.05, 3.63) is 30.1 Å². The highest BCUT2D eigenvalue weighted by Gasteiger charge is 2.28. The lowest BCUT2D eigenvalue weighted by Gasteiger charge is -2.38. The maximum Gasteiger partial charge on any atom is 0.237 e. The molecule has 1 amide bonds. The van der Waals surface area contributed by atoms with Gasteiger partial charge in [0.1, 0.15) is 0 Å². The van der Waals surface area contributed by atoms with Crippen LogP contribution >= 0.6 is 0 Å². The fraction of sp³-hybridized carbons (Fsp3) is 0.647. The molecule has 1 aliphatic heterocycles. The zero-order valence-electron chi connectivity index (χ0n) is 14.1. The van der Waals surface area contributed by atoms with Crippen LogP contribution in [0.1, 0.15) is 39.3 Å². The Kier molecular flexibility index (Phi) is 5.91. The van der Waals surface area contributed by atoms with Crippen molar-refractivity contribution in [2.45, 2.75) is 45.8 Å². The van der Waals surface area contributed by atoms with E-state index >= 15 is 0 Å². The molecule has 0 aromatic carbocycles. The van der Waals surface area contributed by atoms with E-state index in [9.17, 15) is 4.79 Å². The Hall–Kier alpha value is -1.46. The van der Waals surface area contributed by atoms with E-state index in [1.54, 1.807) is 6.20 Å². The van der Waals surface area contributed by atoms with Crippen LogP contribution in [0.15, 0.2) is 24.5 Å². The van der Waals surface area contributed by atoms with Crippen LogP contribution in [-0.4, -0.2) is 59.0 Å². The molecule has 1 unspecified atom stereocenters. The summed E-state index contributed by atoms with van der Waals surface area (Å²) in [5.74, 6) is 0.209. The zero-order chi connectivity index (χ0) is 16.1. The van der Waals surface area contributed by atoms with Crippen molar-refractivity contribution < 1.29 is 4.79 Å². The van der Waals surface area contributed by atoms with Crippen molar-refractivity contribution in [2.24, 2.45) is 0 Å². The number of carbonyl (C=O) groups excluding carboxylic acids is 1. The molecular weight excluding hydrogens is 276 g/mol. The second-order valence-electron chi connectivity index (χ2n) is 6.47. The summed E-state index contributed by atoms with van der Waals surface area (Å²) < 4.78 is 0. The monoisotopic (exact) mass is 304 g/mol. The summed E-state index contributed by atoms with van der Waals surface area (Å²) in [4.78, 5) is 21.2. The molecule has 0 saturated carbocycles. The van der Waals surface area contributed by atoms with Gasteiger partial charge in [-0.1, -0.05) is 6.07 Å². The first-order valence-electron chi connectivity index (χ1n) is 8.16. The molecule has 1 N–H and O–H groups in total. The van der Waals surface area contributed by atoms with Gasteiger partial charge in [0.25, 0.3) is 0 Å². The molecule has 5 heteroatoms. The number of pyridine rings is 1. The zero-order valence-corrected chi connectivity index (χ0v) is 14.1. The second-order valence-corrected chi connectivity index (χ2v) is 6.47. The van der Waals surface area contributed by atoms with Crippen LogP contribution in [0.25, 0.3) is 0 Å². The smallest absolute Gasteiger partial charge is 0.237 e. The van der Waals surface area contributed by atoms with Crippen LogP contribution in [0.3, 0.4) is 0 Å². The molecule has 2 heterocycles. The Balaban J connectivity index is 2.10. The molecule has 1 saturated heterocycles.